The average molecular weight is 250 g/mol. The van der Waals surface area contributed by atoms with Gasteiger partial charge in [-0.05, 0) is 24.6 Å². The van der Waals surface area contributed by atoms with Crippen LogP contribution in [0.15, 0.2) is 42.7 Å². The fraction of sp³-hybridized carbons (Fsp3) is 0.154. The maximum absolute atomic E-state index is 9.37. The molecule has 0 spiro atoms. The molecule has 1 N–H and O–H groups in total. The number of aromatic nitrogens is 1. The van der Waals surface area contributed by atoms with Gasteiger partial charge in [0.2, 0.25) is 0 Å². The molecule has 1 aromatic carbocycles. The molecule has 0 radical (unpaired) electrons. The fourth-order valence-electron chi connectivity index (χ4n) is 1.40. The van der Waals surface area contributed by atoms with Gasteiger partial charge in [-0.3, -0.25) is 4.98 Å². The smallest absolute Gasteiger partial charge is 0.147 e. The molecule has 0 unspecified atom stereocenters. The third-order valence-corrected chi connectivity index (χ3v) is 2.48. The van der Waals surface area contributed by atoms with Crippen molar-refractivity contribution < 1.29 is 9.84 Å². The minimum absolute atomic E-state index is 0.475. The van der Waals surface area contributed by atoms with Crippen molar-refractivity contribution in [3.05, 3.63) is 53.3 Å². The Bertz CT molecular complexity index is 497. The van der Waals surface area contributed by atoms with E-state index in [2.05, 4.69) is 4.98 Å². The highest BCUT2D eigenvalue weighted by molar-refractivity contribution is 6.30. The van der Waals surface area contributed by atoms with Crippen LogP contribution < -0.4 is 4.74 Å². The second kappa shape index (κ2) is 5.17. The van der Waals surface area contributed by atoms with E-state index in [1.807, 2.05) is 12.1 Å². The van der Waals surface area contributed by atoms with Crippen molar-refractivity contribution in [1.82, 2.24) is 4.98 Å². The molecule has 2 aromatic rings. The third kappa shape index (κ3) is 3.19. The lowest BCUT2D eigenvalue weighted by Crippen LogP contribution is -1.91. The molecule has 0 amide bonds. The van der Waals surface area contributed by atoms with E-state index in [0.717, 1.165) is 5.56 Å². The molecule has 2 rings (SSSR count). The maximum atomic E-state index is 9.37. The van der Waals surface area contributed by atoms with Gasteiger partial charge >= 0.3 is 0 Å². The first-order valence-corrected chi connectivity index (χ1v) is 5.59. The van der Waals surface area contributed by atoms with E-state index in [9.17, 15) is 5.11 Å². The van der Waals surface area contributed by atoms with Crippen LogP contribution in [0.5, 0.6) is 11.5 Å². The number of hydrogen-bond donors (Lipinski definition) is 1. The van der Waals surface area contributed by atoms with Gasteiger partial charge < -0.3 is 9.84 Å². The molecular weight excluding hydrogens is 238 g/mol. The summed E-state index contributed by atoms with van der Waals surface area (Å²) in [6, 6.07) is 8.92. The average Bonchev–Trinajstić information content (AvgIpc) is 2.29. The first kappa shape index (κ1) is 11.9. The third-order valence-electron chi connectivity index (χ3n) is 2.28. The van der Waals surface area contributed by atoms with Crippen LogP contribution in [0.4, 0.5) is 0 Å². The monoisotopic (exact) mass is 249 g/mol. The van der Waals surface area contributed by atoms with Crippen LogP contribution in [-0.4, -0.2) is 10.1 Å². The second-order valence-electron chi connectivity index (χ2n) is 3.69. The molecule has 0 aliphatic heterocycles. The molecule has 1 heterocycles. The van der Waals surface area contributed by atoms with Crippen molar-refractivity contribution in [2.24, 2.45) is 0 Å². The Morgan fingerprint density at radius 2 is 1.88 bits per heavy atom. The van der Waals surface area contributed by atoms with Gasteiger partial charge in [-0.25, -0.2) is 0 Å². The number of rotatable bonds is 3. The highest BCUT2D eigenvalue weighted by Crippen LogP contribution is 2.24. The highest BCUT2D eigenvalue weighted by Gasteiger charge is 2.02. The quantitative estimate of drug-likeness (QED) is 0.904. The minimum Gasteiger partial charge on any atom is -0.456 e. The summed E-state index contributed by atoms with van der Waals surface area (Å²) in [5.74, 6) is 1.26. The lowest BCUT2D eigenvalue weighted by molar-refractivity contribution is 0.199. The van der Waals surface area contributed by atoms with E-state index in [-0.39, 0.29) is 0 Å². The summed E-state index contributed by atoms with van der Waals surface area (Å²) in [7, 11) is 0. The minimum atomic E-state index is -0.475. The summed E-state index contributed by atoms with van der Waals surface area (Å²) in [6.07, 6.45) is 2.66. The molecular formula is C13H12ClNO2. The van der Waals surface area contributed by atoms with Gasteiger partial charge in [0.05, 0.1) is 17.3 Å². The summed E-state index contributed by atoms with van der Waals surface area (Å²) in [5, 5.41) is 9.90. The van der Waals surface area contributed by atoms with E-state index in [4.69, 9.17) is 16.3 Å². The van der Waals surface area contributed by atoms with E-state index in [0.29, 0.717) is 16.5 Å². The van der Waals surface area contributed by atoms with Gasteiger partial charge in [0.25, 0.3) is 0 Å². The van der Waals surface area contributed by atoms with Crippen molar-refractivity contribution in [3.63, 3.8) is 0 Å². The van der Waals surface area contributed by atoms with Gasteiger partial charge in [0, 0.05) is 12.3 Å². The molecule has 88 valence electrons. The normalized spacial score (nSPS) is 12.2. The highest BCUT2D eigenvalue weighted by atomic mass is 35.5. The zero-order valence-corrected chi connectivity index (χ0v) is 10.1. The van der Waals surface area contributed by atoms with Crippen LogP contribution >= 0.6 is 11.6 Å². The van der Waals surface area contributed by atoms with Gasteiger partial charge in [-0.15, -0.1) is 0 Å². The zero-order valence-electron chi connectivity index (χ0n) is 9.30. The zero-order chi connectivity index (χ0) is 12.3. The number of ether oxygens (including phenoxy) is 1. The van der Waals surface area contributed by atoms with Crippen LogP contribution in [-0.2, 0) is 0 Å². The van der Waals surface area contributed by atoms with E-state index < -0.39 is 6.10 Å². The van der Waals surface area contributed by atoms with E-state index in [1.165, 1.54) is 0 Å². The molecule has 3 nitrogen and oxygen atoms in total. The SMILES string of the molecule is C[C@H](O)c1ccc(Oc2cncc(Cl)c2)cc1. The Morgan fingerprint density at radius 1 is 1.18 bits per heavy atom. The number of aliphatic hydroxyl groups excluding tert-OH is 1. The Hall–Kier alpha value is -1.58. The molecule has 0 fully saturated rings. The van der Waals surface area contributed by atoms with Crippen LogP contribution in [0.3, 0.4) is 0 Å². The van der Waals surface area contributed by atoms with Crippen LogP contribution in [0, 0.1) is 0 Å². The predicted molar refractivity (Wildman–Crippen MR) is 66.4 cm³/mol. The van der Waals surface area contributed by atoms with Gasteiger partial charge in [0.15, 0.2) is 0 Å². The lowest BCUT2D eigenvalue weighted by Gasteiger charge is -2.08. The topological polar surface area (TPSA) is 42.4 Å². The van der Waals surface area contributed by atoms with Crippen molar-refractivity contribution in [2.45, 2.75) is 13.0 Å². The summed E-state index contributed by atoms with van der Waals surface area (Å²) in [6.45, 7) is 1.72. The number of benzene rings is 1. The van der Waals surface area contributed by atoms with E-state index in [1.54, 1.807) is 37.5 Å². The number of pyridine rings is 1. The predicted octanol–water partition coefficient (Wildman–Crippen LogP) is 3.58. The van der Waals surface area contributed by atoms with Crippen LogP contribution in [0.2, 0.25) is 5.02 Å². The second-order valence-corrected chi connectivity index (χ2v) is 4.12. The molecule has 0 bridgehead atoms. The number of halogens is 1. The number of nitrogens with zero attached hydrogens (tertiary/aromatic N) is 1. The molecule has 1 atom stereocenters. The van der Waals surface area contributed by atoms with Crippen molar-refractivity contribution in [1.29, 1.82) is 0 Å². The molecule has 4 heteroatoms. The summed E-state index contributed by atoms with van der Waals surface area (Å²) >= 11 is 5.80. The molecule has 0 saturated carbocycles. The Labute approximate surface area is 105 Å². The fourth-order valence-corrected chi connectivity index (χ4v) is 1.56. The Kier molecular flexibility index (Phi) is 3.61. The lowest BCUT2D eigenvalue weighted by atomic mass is 10.1. The molecule has 1 aromatic heterocycles. The Balaban J connectivity index is 2.14. The van der Waals surface area contributed by atoms with Crippen LogP contribution in [0.1, 0.15) is 18.6 Å². The van der Waals surface area contributed by atoms with Crippen LogP contribution in [0.25, 0.3) is 0 Å². The number of aliphatic hydroxyl groups is 1. The van der Waals surface area contributed by atoms with Crippen molar-refractivity contribution in [2.75, 3.05) is 0 Å². The molecule has 0 aliphatic carbocycles. The van der Waals surface area contributed by atoms with Gasteiger partial charge in [0.1, 0.15) is 11.5 Å². The van der Waals surface area contributed by atoms with Gasteiger partial charge in [-0.2, -0.15) is 0 Å². The summed E-state index contributed by atoms with van der Waals surface area (Å²) in [4.78, 5) is 3.93. The molecule has 17 heavy (non-hydrogen) atoms. The first-order valence-electron chi connectivity index (χ1n) is 5.21. The van der Waals surface area contributed by atoms with Crippen molar-refractivity contribution in [3.8, 4) is 11.5 Å². The standard InChI is InChI=1S/C13H12ClNO2/c1-9(16)10-2-4-12(5-3-10)17-13-6-11(14)7-15-8-13/h2-9,16H,1H3/t9-/m0/s1. The van der Waals surface area contributed by atoms with Gasteiger partial charge in [-0.1, -0.05) is 23.7 Å². The van der Waals surface area contributed by atoms with Crippen molar-refractivity contribution >= 4 is 11.6 Å². The molecule has 0 aliphatic rings. The molecule has 0 saturated heterocycles. The maximum Gasteiger partial charge on any atom is 0.147 e. The Morgan fingerprint density at radius 3 is 2.47 bits per heavy atom. The summed E-state index contributed by atoms with van der Waals surface area (Å²) < 4.78 is 5.57. The van der Waals surface area contributed by atoms with E-state index >= 15 is 0 Å². The first-order chi connectivity index (χ1) is 8.15. The number of hydrogen-bond acceptors (Lipinski definition) is 3. The largest absolute Gasteiger partial charge is 0.456 e. The summed E-state index contributed by atoms with van der Waals surface area (Å²) in [5.41, 5.74) is 0.849.